The fraction of sp³-hybridized carbons (Fsp3) is 1.00. The molecule has 0 heterocycles. The monoisotopic (exact) mass is 220 g/mol. The Balaban J connectivity index is 2.65. The molecular weight excluding hydrogens is 200 g/mol. The summed E-state index contributed by atoms with van der Waals surface area (Å²) in [7, 11) is 0. The van der Waals surface area contributed by atoms with Gasteiger partial charge in [0.2, 0.25) is 0 Å². The van der Waals surface area contributed by atoms with Gasteiger partial charge in [0.25, 0.3) is 0 Å². The number of hydrogen-bond acceptors (Lipinski definition) is 5. The van der Waals surface area contributed by atoms with Crippen molar-refractivity contribution in [1.82, 2.24) is 0 Å². The Kier molecular flexibility index (Phi) is 4.48. The molecular formula is C10H20O5. The Hall–Kier alpha value is -0.200. The van der Waals surface area contributed by atoms with Crippen molar-refractivity contribution in [2.24, 2.45) is 5.92 Å². The zero-order chi connectivity index (χ0) is 11.6. The molecule has 5 heteroatoms. The fourth-order valence-electron chi connectivity index (χ4n) is 1.95. The molecule has 0 aliphatic heterocycles. The van der Waals surface area contributed by atoms with E-state index in [0.717, 1.165) is 0 Å². The van der Waals surface area contributed by atoms with Crippen molar-refractivity contribution < 1.29 is 25.2 Å². The lowest BCUT2D eigenvalue weighted by atomic mass is 9.81. The van der Waals surface area contributed by atoms with Crippen LogP contribution in [0, 0.1) is 5.92 Å². The van der Waals surface area contributed by atoms with Gasteiger partial charge in [-0.3, -0.25) is 0 Å². The summed E-state index contributed by atoms with van der Waals surface area (Å²) in [6, 6.07) is 0. The summed E-state index contributed by atoms with van der Waals surface area (Å²) in [6.45, 7) is 3.44. The van der Waals surface area contributed by atoms with Gasteiger partial charge in [0.05, 0.1) is 18.3 Å². The third kappa shape index (κ3) is 2.89. The number of aliphatic hydroxyl groups is 4. The van der Waals surface area contributed by atoms with Crippen LogP contribution < -0.4 is 0 Å². The predicted molar refractivity (Wildman–Crippen MR) is 53.2 cm³/mol. The first kappa shape index (κ1) is 12.9. The first-order valence-corrected chi connectivity index (χ1v) is 5.28. The molecule has 0 aromatic rings. The molecule has 0 amide bonds. The second-order valence-corrected chi connectivity index (χ2v) is 4.37. The average Bonchev–Trinajstić information content (AvgIpc) is 2.18. The molecule has 1 rings (SSSR count). The minimum atomic E-state index is -1.25. The number of rotatable bonds is 3. The molecule has 0 saturated heterocycles. The zero-order valence-corrected chi connectivity index (χ0v) is 9.08. The lowest BCUT2D eigenvalue weighted by Gasteiger charge is -2.40. The van der Waals surface area contributed by atoms with Gasteiger partial charge < -0.3 is 25.2 Å². The first-order valence-electron chi connectivity index (χ1n) is 5.28. The molecule has 4 N–H and O–H groups in total. The highest BCUT2D eigenvalue weighted by Gasteiger charge is 2.43. The van der Waals surface area contributed by atoms with E-state index in [-0.39, 0.29) is 12.7 Å². The average molecular weight is 220 g/mol. The summed E-state index contributed by atoms with van der Waals surface area (Å²) >= 11 is 0. The second kappa shape index (κ2) is 5.23. The van der Waals surface area contributed by atoms with Crippen LogP contribution in [-0.2, 0) is 4.74 Å². The van der Waals surface area contributed by atoms with Crippen molar-refractivity contribution in [3.05, 3.63) is 0 Å². The third-order valence-electron chi connectivity index (χ3n) is 2.78. The van der Waals surface area contributed by atoms with E-state index in [4.69, 9.17) is 9.84 Å². The maximum absolute atomic E-state index is 9.65. The summed E-state index contributed by atoms with van der Waals surface area (Å²) in [5.74, 6) is -0.438. The van der Waals surface area contributed by atoms with E-state index in [1.165, 1.54) is 0 Å². The van der Waals surface area contributed by atoms with Gasteiger partial charge in [-0.05, 0) is 20.3 Å². The minimum Gasteiger partial charge on any atom is -0.396 e. The van der Waals surface area contributed by atoms with Crippen molar-refractivity contribution >= 4 is 0 Å². The molecule has 90 valence electrons. The maximum atomic E-state index is 9.65. The van der Waals surface area contributed by atoms with Gasteiger partial charge in [-0.15, -0.1) is 0 Å². The molecule has 0 bridgehead atoms. The molecule has 0 aromatic carbocycles. The van der Waals surface area contributed by atoms with E-state index in [0.29, 0.717) is 6.42 Å². The van der Waals surface area contributed by atoms with Gasteiger partial charge in [0, 0.05) is 12.5 Å². The molecule has 5 atom stereocenters. The highest BCUT2D eigenvalue weighted by atomic mass is 16.5. The molecule has 1 aliphatic carbocycles. The number of ether oxygens (including phenoxy) is 1. The predicted octanol–water partition coefficient (Wildman–Crippen LogP) is -1.13. The van der Waals surface area contributed by atoms with E-state index in [1.807, 2.05) is 13.8 Å². The van der Waals surface area contributed by atoms with Crippen molar-refractivity contribution in [2.45, 2.75) is 50.8 Å². The summed E-state index contributed by atoms with van der Waals surface area (Å²) in [5, 5.41) is 37.7. The molecule has 1 aliphatic rings. The normalized spacial score (nSPS) is 42.2. The van der Waals surface area contributed by atoms with Crippen molar-refractivity contribution in [3.8, 4) is 0 Å². The van der Waals surface area contributed by atoms with Crippen molar-refractivity contribution in [2.75, 3.05) is 6.61 Å². The van der Waals surface area contributed by atoms with Crippen LogP contribution >= 0.6 is 0 Å². The van der Waals surface area contributed by atoms with Crippen LogP contribution in [0.25, 0.3) is 0 Å². The summed E-state index contributed by atoms with van der Waals surface area (Å²) < 4.78 is 5.42. The quantitative estimate of drug-likeness (QED) is 0.483. The number of aliphatic hydroxyl groups excluding tert-OH is 4. The van der Waals surface area contributed by atoms with Crippen molar-refractivity contribution in [1.29, 1.82) is 0 Å². The standard InChI is InChI=1S/C10H20O5/c1-5(2)15-7-3-6(4-11)8(12)10(14)9(7)13/h5-14H,3-4H2,1-2H3/t6-,7+,8-,9-,10+/m0/s1. The van der Waals surface area contributed by atoms with Gasteiger partial charge in [-0.1, -0.05) is 0 Å². The molecule has 0 aromatic heterocycles. The van der Waals surface area contributed by atoms with E-state index in [2.05, 4.69) is 0 Å². The molecule has 0 unspecified atom stereocenters. The Bertz CT molecular complexity index is 194. The minimum absolute atomic E-state index is 0.0635. The van der Waals surface area contributed by atoms with Crippen molar-refractivity contribution in [3.63, 3.8) is 0 Å². The van der Waals surface area contributed by atoms with Crippen LogP contribution in [0.5, 0.6) is 0 Å². The van der Waals surface area contributed by atoms with Crippen LogP contribution in [-0.4, -0.2) is 57.6 Å². The lowest BCUT2D eigenvalue weighted by Crippen LogP contribution is -2.55. The largest absolute Gasteiger partial charge is 0.396 e. The summed E-state index contributed by atoms with van der Waals surface area (Å²) in [4.78, 5) is 0. The second-order valence-electron chi connectivity index (χ2n) is 4.37. The Morgan fingerprint density at radius 2 is 1.73 bits per heavy atom. The highest BCUT2D eigenvalue weighted by Crippen LogP contribution is 2.28. The van der Waals surface area contributed by atoms with Crippen LogP contribution in [0.4, 0.5) is 0 Å². The highest BCUT2D eigenvalue weighted by molar-refractivity contribution is 4.93. The molecule has 0 spiro atoms. The smallest absolute Gasteiger partial charge is 0.109 e. The van der Waals surface area contributed by atoms with Gasteiger partial charge in [0.15, 0.2) is 0 Å². The number of hydrogen-bond donors (Lipinski definition) is 4. The fourth-order valence-corrected chi connectivity index (χ4v) is 1.95. The maximum Gasteiger partial charge on any atom is 0.109 e. The van der Waals surface area contributed by atoms with E-state index in [9.17, 15) is 15.3 Å². The van der Waals surface area contributed by atoms with Gasteiger partial charge >= 0.3 is 0 Å². The molecule has 5 nitrogen and oxygen atoms in total. The summed E-state index contributed by atoms with van der Waals surface area (Å²) in [5.41, 5.74) is 0. The SMILES string of the molecule is CC(C)O[C@@H]1C[C@@H](CO)[C@H](O)[C@@H](O)[C@H]1O. The van der Waals surface area contributed by atoms with Crippen LogP contribution in [0.15, 0.2) is 0 Å². The lowest BCUT2D eigenvalue weighted by molar-refractivity contribution is -0.186. The molecule has 15 heavy (non-hydrogen) atoms. The Morgan fingerprint density at radius 1 is 1.13 bits per heavy atom. The molecule has 0 radical (unpaired) electrons. The topological polar surface area (TPSA) is 90.2 Å². The van der Waals surface area contributed by atoms with Crippen LogP contribution in [0.1, 0.15) is 20.3 Å². The third-order valence-corrected chi connectivity index (χ3v) is 2.78. The zero-order valence-electron chi connectivity index (χ0n) is 9.08. The van der Waals surface area contributed by atoms with Gasteiger partial charge in [0.1, 0.15) is 12.2 Å². The van der Waals surface area contributed by atoms with E-state index < -0.39 is 30.3 Å². The van der Waals surface area contributed by atoms with Gasteiger partial charge in [-0.2, -0.15) is 0 Å². The van der Waals surface area contributed by atoms with E-state index >= 15 is 0 Å². The van der Waals surface area contributed by atoms with Crippen LogP contribution in [0.3, 0.4) is 0 Å². The van der Waals surface area contributed by atoms with Crippen LogP contribution in [0.2, 0.25) is 0 Å². The molecule has 1 saturated carbocycles. The Morgan fingerprint density at radius 3 is 2.20 bits per heavy atom. The molecule has 1 fully saturated rings. The Labute approximate surface area is 89.3 Å². The first-order chi connectivity index (χ1) is 6.97. The van der Waals surface area contributed by atoms with E-state index in [1.54, 1.807) is 0 Å². The summed E-state index contributed by atoms with van der Waals surface area (Å²) in [6.07, 6.45) is -3.66. The van der Waals surface area contributed by atoms with Gasteiger partial charge in [-0.25, -0.2) is 0 Å².